The number of hydrogen-bond acceptors (Lipinski definition) is 0. The molecule has 4 aromatic carbocycles. The molecule has 0 unspecified atom stereocenters. The Morgan fingerprint density at radius 1 is 0.414 bits per heavy atom. The molecule has 0 saturated heterocycles. The lowest BCUT2D eigenvalue weighted by Crippen LogP contribution is -2.26. The molecule has 4 aromatic rings. The lowest BCUT2D eigenvalue weighted by molar-refractivity contribution is 0.790. The van der Waals surface area contributed by atoms with Crippen LogP contribution in [0.1, 0.15) is 44.5 Å². The van der Waals surface area contributed by atoms with E-state index < -0.39 is 0 Å². The summed E-state index contributed by atoms with van der Waals surface area (Å²) in [7, 11) is 0. The van der Waals surface area contributed by atoms with E-state index in [1.807, 2.05) is 0 Å². The molecule has 0 aromatic heterocycles. The number of benzene rings is 4. The Morgan fingerprint density at radius 3 is 1.24 bits per heavy atom. The second-order valence-electron chi connectivity index (χ2n) is 8.81. The van der Waals surface area contributed by atoms with E-state index in [9.17, 15) is 0 Å². The van der Waals surface area contributed by atoms with Gasteiger partial charge in [0.25, 0.3) is 0 Å². The summed E-state index contributed by atoms with van der Waals surface area (Å²) in [6, 6.07) is 27.8. The normalized spacial score (nSPS) is 14.5. The van der Waals surface area contributed by atoms with Crippen molar-refractivity contribution < 1.29 is 0 Å². The predicted octanol–water partition coefficient (Wildman–Crippen LogP) is 7.26. The van der Waals surface area contributed by atoms with E-state index in [2.05, 4.69) is 100 Å². The summed E-state index contributed by atoms with van der Waals surface area (Å²) in [6.07, 6.45) is 0. The van der Waals surface area contributed by atoms with E-state index in [0.29, 0.717) is 0 Å². The van der Waals surface area contributed by atoms with Gasteiger partial charge in [-0.1, -0.05) is 72.8 Å². The van der Waals surface area contributed by atoms with Gasteiger partial charge in [-0.3, -0.25) is 0 Å². The van der Waals surface area contributed by atoms with Crippen molar-refractivity contribution in [3.63, 3.8) is 0 Å². The summed E-state index contributed by atoms with van der Waals surface area (Å²) in [6.45, 7) is 8.95. The van der Waals surface area contributed by atoms with Gasteiger partial charge in [0.15, 0.2) is 0 Å². The van der Waals surface area contributed by atoms with Crippen LogP contribution in [0.4, 0.5) is 0 Å². The largest absolute Gasteiger partial charge is 0.0725 e. The molecule has 0 heteroatoms. The highest BCUT2D eigenvalue weighted by molar-refractivity contribution is 5.95. The van der Waals surface area contributed by atoms with E-state index in [-0.39, 0.29) is 5.41 Å². The van der Waals surface area contributed by atoms with Gasteiger partial charge in [-0.15, -0.1) is 0 Å². The van der Waals surface area contributed by atoms with E-state index in [1.54, 1.807) is 0 Å². The van der Waals surface area contributed by atoms with Gasteiger partial charge in [-0.25, -0.2) is 0 Å². The van der Waals surface area contributed by atoms with Gasteiger partial charge >= 0.3 is 0 Å². The number of hydrogen-bond donors (Lipinski definition) is 0. The Bertz CT molecular complexity index is 1230. The van der Waals surface area contributed by atoms with Crippen molar-refractivity contribution in [3.05, 3.63) is 117 Å². The van der Waals surface area contributed by atoms with Crippen LogP contribution >= 0.6 is 0 Å². The van der Waals surface area contributed by atoms with Crippen LogP contribution in [0.3, 0.4) is 0 Å². The Labute approximate surface area is 172 Å². The highest BCUT2D eigenvalue weighted by Gasteiger charge is 2.51. The third kappa shape index (κ3) is 1.90. The molecule has 2 aliphatic carbocycles. The molecule has 0 bridgehead atoms. The quantitative estimate of drug-likeness (QED) is 0.263. The topological polar surface area (TPSA) is 0 Å². The maximum atomic E-state index is 2.45. The number of fused-ring (bicyclic) bond motifs is 10. The zero-order chi connectivity index (χ0) is 19.9. The molecule has 0 nitrogen and oxygen atoms in total. The molecule has 0 amide bonds. The maximum Gasteiger partial charge on any atom is 0.0725 e. The molecule has 0 heterocycles. The van der Waals surface area contributed by atoms with Crippen LogP contribution in [0.15, 0.2) is 72.8 Å². The predicted molar refractivity (Wildman–Crippen MR) is 122 cm³/mol. The highest BCUT2D eigenvalue weighted by Crippen LogP contribution is 2.63. The second kappa shape index (κ2) is 5.48. The maximum absolute atomic E-state index is 2.45. The van der Waals surface area contributed by atoms with Gasteiger partial charge < -0.3 is 0 Å². The summed E-state index contributed by atoms with van der Waals surface area (Å²) in [5.74, 6) is 0. The first-order chi connectivity index (χ1) is 14.0. The van der Waals surface area contributed by atoms with Gasteiger partial charge in [-0.05, 0) is 94.5 Å². The number of aryl methyl sites for hydroxylation is 4. The summed E-state index contributed by atoms with van der Waals surface area (Å²) in [4.78, 5) is 0. The Morgan fingerprint density at radius 2 is 0.793 bits per heavy atom. The molecule has 140 valence electrons. The summed E-state index contributed by atoms with van der Waals surface area (Å²) in [5.41, 5.74) is 16.5. The molecule has 0 atom stereocenters. The fourth-order valence-corrected chi connectivity index (χ4v) is 5.66. The van der Waals surface area contributed by atoms with Crippen LogP contribution in [-0.4, -0.2) is 0 Å². The Hall–Kier alpha value is -3.12. The standard InChI is InChI=1S/C29H24/c1-17-13-23-21-9-5-7-11-25(21)29(27(23)15-19(17)3)26-12-8-6-10-22(26)24-14-18(2)20(4)16-28(24)29/h5-16H,1-4H3. The zero-order valence-corrected chi connectivity index (χ0v) is 17.4. The third-order valence-corrected chi connectivity index (χ3v) is 7.32. The first kappa shape index (κ1) is 16.8. The molecule has 1 spiro atoms. The first-order valence-corrected chi connectivity index (χ1v) is 10.5. The van der Waals surface area contributed by atoms with E-state index in [1.165, 1.54) is 66.8 Å². The molecule has 6 rings (SSSR count). The molecule has 0 aliphatic heterocycles. The van der Waals surface area contributed by atoms with Crippen molar-refractivity contribution in [2.75, 3.05) is 0 Å². The molecule has 0 saturated carbocycles. The first-order valence-electron chi connectivity index (χ1n) is 10.5. The van der Waals surface area contributed by atoms with Crippen molar-refractivity contribution in [2.24, 2.45) is 0 Å². The van der Waals surface area contributed by atoms with Crippen molar-refractivity contribution in [3.8, 4) is 22.3 Å². The Kier molecular flexibility index (Phi) is 3.17. The number of rotatable bonds is 0. The molecular weight excluding hydrogens is 348 g/mol. The fourth-order valence-electron chi connectivity index (χ4n) is 5.66. The molecule has 2 aliphatic rings. The monoisotopic (exact) mass is 372 g/mol. The SMILES string of the molecule is Cc1cc2c(cc1C)C1(c3ccccc3-2)c2ccccc2-c2cc(C)c(C)cc21. The van der Waals surface area contributed by atoms with Crippen LogP contribution < -0.4 is 0 Å². The lowest BCUT2D eigenvalue weighted by Gasteiger charge is -2.31. The van der Waals surface area contributed by atoms with Crippen molar-refractivity contribution >= 4 is 0 Å². The van der Waals surface area contributed by atoms with E-state index >= 15 is 0 Å². The average Bonchev–Trinajstić information content (AvgIpc) is 3.16. The van der Waals surface area contributed by atoms with Crippen molar-refractivity contribution in [2.45, 2.75) is 33.1 Å². The lowest BCUT2D eigenvalue weighted by atomic mass is 9.70. The van der Waals surface area contributed by atoms with Crippen LogP contribution in [-0.2, 0) is 5.41 Å². The van der Waals surface area contributed by atoms with Gasteiger partial charge in [0.1, 0.15) is 0 Å². The minimum atomic E-state index is -0.214. The molecule has 0 fully saturated rings. The van der Waals surface area contributed by atoms with E-state index in [0.717, 1.165) is 0 Å². The van der Waals surface area contributed by atoms with Crippen LogP contribution in [0.2, 0.25) is 0 Å². The summed E-state index contributed by atoms with van der Waals surface area (Å²) < 4.78 is 0. The van der Waals surface area contributed by atoms with Crippen LogP contribution in [0, 0.1) is 27.7 Å². The Balaban J connectivity index is 1.87. The average molecular weight is 373 g/mol. The smallest absolute Gasteiger partial charge is 0.0619 e. The third-order valence-electron chi connectivity index (χ3n) is 7.32. The molecular formula is C29H24. The summed E-state index contributed by atoms with van der Waals surface area (Å²) >= 11 is 0. The van der Waals surface area contributed by atoms with Crippen LogP contribution in [0.5, 0.6) is 0 Å². The van der Waals surface area contributed by atoms with Gasteiger partial charge in [-0.2, -0.15) is 0 Å². The minimum absolute atomic E-state index is 0.214. The van der Waals surface area contributed by atoms with Gasteiger partial charge in [0, 0.05) is 0 Å². The van der Waals surface area contributed by atoms with Crippen molar-refractivity contribution in [1.29, 1.82) is 0 Å². The molecule has 29 heavy (non-hydrogen) atoms. The van der Waals surface area contributed by atoms with Crippen molar-refractivity contribution in [1.82, 2.24) is 0 Å². The second-order valence-corrected chi connectivity index (χ2v) is 8.81. The molecule has 0 N–H and O–H groups in total. The van der Waals surface area contributed by atoms with Gasteiger partial charge in [0.2, 0.25) is 0 Å². The van der Waals surface area contributed by atoms with Gasteiger partial charge in [0.05, 0.1) is 5.41 Å². The highest BCUT2D eigenvalue weighted by atomic mass is 14.5. The summed E-state index contributed by atoms with van der Waals surface area (Å²) in [5, 5.41) is 0. The fraction of sp³-hybridized carbons (Fsp3) is 0.172. The minimum Gasteiger partial charge on any atom is -0.0619 e. The van der Waals surface area contributed by atoms with E-state index in [4.69, 9.17) is 0 Å². The molecule has 0 radical (unpaired) electrons. The zero-order valence-electron chi connectivity index (χ0n) is 17.4. The van der Waals surface area contributed by atoms with Crippen LogP contribution in [0.25, 0.3) is 22.3 Å².